The average Bonchev–Trinajstić information content (AvgIpc) is 3.16. The van der Waals surface area contributed by atoms with Crippen molar-refractivity contribution in [2.24, 2.45) is 0 Å². The summed E-state index contributed by atoms with van der Waals surface area (Å²) in [5.74, 6) is -0.0980. The van der Waals surface area contributed by atoms with Crippen LogP contribution in [0.25, 0.3) is 0 Å². The van der Waals surface area contributed by atoms with E-state index in [4.69, 9.17) is 4.74 Å². The summed E-state index contributed by atoms with van der Waals surface area (Å²) >= 11 is 1.19. The molecule has 2 aromatic rings. The van der Waals surface area contributed by atoms with E-state index in [1.165, 1.54) is 22.7 Å². The molecule has 0 unspecified atom stereocenters. The number of hydrogen-bond acceptors (Lipinski definition) is 5. The first-order chi connectivity index (χ1) is 12.4. The maximum atomic E-state index is 12.3. The van der Waals surface area contributed by atoms with Crippen LogP contribution in [0.3, 0.4) is 0 Å². The van der Waals surface area contributed by atoms with Crippen molar-refractivity contribution in [3.8, 4) is 0 Å². The number of benzene rings is 1. The van der Waals surface area contributed by atoms with Gasteiger partial charge in [-0.3, -0.25) is 4.79 Å². The maximum absolute atomic E-state index is 12.3. The van der Waals surface area contributed by atoms with E-state index in [0.717, 1.165) is 11.1 Å². The van der Waals surface area contributed by atoms with Crippen LogP contribution < -0.4 is 5.32 Å². The quantitative estimate of drug-likeness (QED) is 0.670. The highest BCUT2D eigenvalue weighted by molar-refractivity contribution is 7.91. The van der Waals surface area contributed by atoms with E-state index in [-0.39, 0.29) is 12.3 Å². The van der Waals surface area contributed by atoms with Gasteiger partial charge in [0.1, 0.15) is 4.21 Å². The van der Waals surface area contributed by atoms with Crippen LogP contribution in [0.1, 0.15) is 24.0 Å². The first kappa shape index (κ1) is 20.6. The molecule has 1 N–H and O–H groups in total. The van der Waals surface area contributed by atoms with Gasteiger partial charge in [0.2, 0.25) is 5.91 Å². The predicted molar refractivity (Wildman–Crippen MR) is 102 cm³/mol. The van der Waals surface area contributed by atoms with Gasteiger partial charge in [0.25, 0.3) is 10.0 Å². The molecular formula is C18H24N2O4S2. The highest BCUT2D eigenvalue weighted by Gasteiger charge is 2.21. The molecule has 1 aromatic carbocycles. The average molecular weight is 397 g/mol. The summed E-state index contributed by atoms with van der Waals surface area (Å²) in [5.41, 5.74) is 2.05. The molecule has 1 amide bonds. The summed E-state index contributed by atoms with van der Waals surface area (Å²) in [6.45, 7) is 1.23. The molecular weight excluding hydrogens is 372 g/mol. The van der Waals surface area contributed by atoms with Crippen LogP contribution >= 0.6 is 11.3 Å². The van der Waals surface area contributed by atoms with Crippen LogP contribution in [0.4, 0.5) is 0 Å². The topological polar surface area (TPSA) is 75.7 Å². The number of ether oxygens (including phenoxy) is 1. The Morgan fingerprint density at radius 3 is 2.58 bits per heavy atom. The number of sulfonamides is 1. The van der Waals surface area contributed by atoms with Crippen molar-refractivity contribution in [1.29, 1.82) is 0 Å². The van der Waals surface area contributed by atoms with Crippen molar-refractivity contribution >= 4 is 27.3 Å². The molecule has 0 saturated carbocycles. The zero-order chi connectivity index (χ0) is 19.0. The van der Waals surface area contributed by atoms with Crippen molar-refractivity contribution in [2.75, 3.05) is 20.7 Å². The molecule has 1 heterocycles. The Kier molecular flexibility index (Phi) is 7.77. The Hall–Kier alpha value is -1.74. The predicted octanol–water partition coefficient (Wildman–Crippen LogP) is 2.61. The number of amides is 1. The van der Waals surface area contributed by atoms with E-state index in [1.807, 2.05) is 24.3 Å². The fourth-order valence-corrected chi connectivity index (χ4v) is 4.87. The minimum Gasteiger partial charge on any atom is -0.380 e. The van der Waals surface area contributed by atoms with E-state index in [9.17, 15) is 13.2 Å². The van der Waals surface area contributed by atoms with Gasteiger partial charge in [-0.05, 0) is 29.0 Å². The first-order valence-corrected chi connectivity index (χ1v) is 10.6. The molecule has 0 atom stereocenters. The molecule has 0 radical (unpaired) electrons. The molecule has 0 fully saturated rings. The van der Waals surface area contributed by atoms with Gasteiger partial charge in [-0.1, -0.05) is 30.3 Å². The van der Waals surface area contributed by atoms with Gasteiger partial charge in [0, 0.05) is 33.7 Å². The fourth-order valence-electron chi connectivity index (χ4n) is 2.45. The van der Waals surface area contributed by atoms with Gasteiger partial charge in [0.15, 0.2) is 0 Å². The molecule has 0 bridgehead atoms. The molecule has 2 rings (SSSR count). The standard InChI is InChI=1S/C18H24N2O4S2/c1-20(26(22,23)18-10-6-12-25-18)11-5-9-17(21)19-13-15-7-3-4-8-16(15)14-24-2/h3-4,6-8,10,12H,5,9,11,13-14H2,1-2H3,(H,19,21). The van der Waals surface area contributed by atoms with E-state index >= 15 is 0 Å². The Labute approximate surface area is 158 Å². The number of thiophene rings is 1. The zero-order valence-corrected chi connectivity index (χ0v) is 16.6. The lowest BCUT2D eigenvalue weighted by atomic mass is 10.1. The molecule has 0 saturated heterocycles. The van der Waals surface area contributed by atoms with Crippen molar-refractivity contribution in [3.63, 3.8) is 0 Å². The maximum Gasteiger partial charge on any atom is 0.252 e. The highest BCUT2D eigenvalue weighted by atomic mass is 32.2. The van der Waals surface area contributed by atoms with Crippen molar-refractivity contribution in [3.05, 3.63) is 52.9 Å². The number of nitrogens with zero attached hydrogens (tertiary/aromatic N) is 1. The summed E-state index contributed by atoms with van der Waals surface area (Å²) in [5, 5.41) is 4.61. The number of nitrogens with one attached hydrogen (secondary N) is 1. The van der Waals surface area contributed by atoms with Crippen molar-refractivity contribution in [1.82, 2.24) is 9.62 Å². The molecule has 6 nitrogen and oxygen atoms in total. The summed E-state index contributed by atoms with van der Waals surface area (Å²) < 4.78 is 31.4. The minimum atomic E-state index is -3.45. The normalized spacial score (nSPS) is 11.7. The zero-order valence-electron chi connectivity index (χ0n) is 15.0. The van der Waals surface area contributed by atoms with Crippen molar-refractivity contribution < 1.29 is 17.9 Å². The Morgan fingerprint density at radius 2 is 1.92 bits per heavy atom. The van der Waals surface area contributed by atoms with Crippen LogP contribution in [0.2, 0.25) is 0 Å². The fraction of sp³-hybridized carbons (Fsp3) is 0.389. The van der Waals surface area contributed by atoms with E-state index in [0.29, 0.717) is 30.3 Å². The van der Waals surface area contributed by atoms with E-state index in [2.05, 4.69) is 5.32 Å². The van der Waals surface area contributed by atoms with Crippen LogP contribution in [-0.2, 0) is 32.7 Å². The lowest BCUT2D eigenvalue weighted by molar-refractivity contribution is -0.121. The summed E-state index contributed by atoms with van der Waals surface area (Å²) in [6, 6.07) is 11.1. The minimum absolute atomic E-state index is 0.0980. The third-order valence-corrected chi connectivity index (χ3v) is 7.16. The monoisotopic (exact) mass is 396 g/mol. The Morgan fingerprint density at radius 1 is 1.19 bits per heavy atom. The van der Waals surface area contributed by atoms with Gasteiger partial charge in [0.05, 0.1) is 6.61 Å². The third kappa shape index (κ3) is 5.63. The van der Waals surface area contributed by atoms with Gasteiger partial charge in [-0.2, -0.15) is 0 Å². The van der Waals surface area contributed by atoms with Crippen LogP contribution in [0.15, 0.2) is 46.0 Å². The first-order valence-electron chi connectivity index (χ1n) is 8.27. The largest absolute Gasteiger partial charge is 0.380 e. The number of carbonyl (C=O) groups excluding carboxylic acids is 1. The highest BCUT2D eigenvalue weighted by Crippen LogP contribution is 2.20. The smallest absolute Gasteiger partial charge is 0.252 e. The van der Waals surface area contributed by atoms with Crippen molar-refractivity contribution in [2.45, 2.75) is 30.2 Å². The second kappa shape index (κ2) is 9.82. The second-order valence-electron chi connectivity index (χ2n) is 5.84. The molecule has 1 aromatic heterocycles. The van der Waals surface area contributed by atoms with Crippen LogP contribution in [0.5, 0.6) is 0 Å². The number of hydrogen-bond donors (Lipinski definition) is 1. The molecule has 8 heteroatoms. The molecule has 26 heavy (non-hydrogen) atoms. The molecule has 142 valence electrons. The molecule has 0 aliphatic carbocycles. The summed E-state index contributed by atoms with van der Waals surface area (Å²) in [6.07, 6.45) is 0.739. The van der Waals surface area contributed by atoms with E-state index in [1.54, 1.807) is 24.6 Å². The SMILES string of the molecule is COCc1ccccc1CNC(=O)CCCN(C)S(=O)(=O)c1cccs1. The summed E-state index contributed by atoms with van der Waals surface area (Å²) in [7, 11) is -0.284. The lowest BCUT2D eigenvalue weighted by Gasteiger charge is -2.16. The van der Waals surface area contributed by atoms with Crippen LogP contribution in [-0.4, -0.2) is 39.3 Å². The molecule has 0 spiro atoms. The molecule has 0 aliphatic heterocycles. The van der Waals surface area contributed by atoms with Gasteiger partial charge in [-0.25, -0.2) is 12.7 Å². The van der Waals surface area contributed by atoms with Crippen LogP contribution in [0, 0.1) is 0 Å². The Bertz CT molecular complexity index is 804. The lowest BCUT2D eigenvalue weighted by Crippen LogP contribution is -2.29. The summed E-state index contributed by atoms with van der Waals surface area (Å²) in [4.78, 5) is 12.0. The van der Waals surface area contributed by atoms with Gasteiger partial charge < -0.3 is 10.1 Å². The number of methoxy groups -OCH3 is 1. The Balaban J connectivity index is 1.77. The third-order valence-electron chi connectivity index (χ3n) is 3.93. The van der Waals surface area contributed by atoms with Gasteiger partial charge in [-0.15, -0.1) is 11.3 Å². The molecule has 0 aliphatic rings. The number of rotatable bonds is 10. The number of carbonyl (C=O) groups is 1. The van der Waals surface area contributed by atoms with E-state index < -0.39 is 10.0 Å². The second-order valence-corrected chi connectivity index (χ2v) is 9.06. The van der Waals surface area contributed by atoms with Gasteiger partial charge >= 0.3 is 0 Å².